The molecule has 0 aliphatic carbocycles. The third kappa shape index (κ3) is 4.15. The summed E-state index contributed by atoms with van der Waals surface area (Å²) in [5.74, 6) is -0.432. The quantitative estimate of drug-likeness (QED) is 0.845. The van der Waals surface area contributed by atoms with Crippen LogP contribution in [0.15, 0.2) is 41.8 Å². The molecule has 1 aromatic heterocycles. The molecule has 1 aliphatic rings. The SMILES string of the molecule is NC(=O)c1cc(C2CCN(S(=O)(=O)C=Cc3ccccc3)CC2)[nH]n1. The molecular formula is C17H20N4O3S. The van der Waals surface area contributed by atoms with Crippen molar-refractivity contribution in [3.05, 3.63) is 58.8 Å². The summed E-state index contributed by atoms with van der Waals surface area (Å²) in [7, 11) is -3.44. The highest BCUT2D eigenvalue weighted by Gasteiger charge is 2.28. The largest absolute Gasteiger partial charge is 0.364 e. The lowest BCUT2D eigenvalue weighted by atomic mass is 9.94. The number of carbonyl (C=O) groups excluding carboxylic acids is 1. The molecule has 25 heavy (non-hydrogen) atoms. The van der Waals surface area contributed by atoms with Gasteiger partial charge in [-0.25, -0.2) is 8.42 Å². The Balaban J connectivity index is 1.62. The van der Waals surface area contributed by atoms with Gasteiger partial charge in [0.15, 0.2) is 0 Å². The van der Waals surface area contributed by atoms with E-state index in [0.717, 1.165) is 11.3 Å². The maximum atomic E-state index is 12.5. The number of aromatic nitrogens is 2. The average molecular weight is 360 g/mol. The molecule has 2 aromatic rings. The standard InChI is InChI=1S/C17H20N4O3S/c18-17(22)16-12-15(19-20-16)14-6-9-21(10-7-14)25(23,24)11-8-13-4-2-1-3-5-13/h1-5,8,11-12,14H,6-7,9-10H2,(H2,18,22)(H,19,20). The fourth-order valence-corrected chi connectivity index (χ4v) is 4.13. The van der Waals surface area contributed by atoms with Crippen LogP contribution in [0, 0.1) is 0 Å². The number of nitrogens with two attached hydrogens (primary N) is 1. The number of amides is 1. The van der Waals surface area contributed by atoms with E-state index < -0.39 is 15.9 Å². The molecule has 0 unspecified atom stereocenters. The highest BCUT2D eigenvalue weighted by molar-refractivity contribution is 7.92. The normalized spacial score (nSPS) is 17.1. The molecule has 0 bridgehead atoms. The zero-order valence-corrected chi connectivity index (χ0v) is 14.4. The van der Waals surface area contributed by atoms with Crippen LogP contribution in [0.2, 0.25) is 0 Å². The van der Waals surface area contributed by atoms with Gasteiger partial charge in [-0.3, -0.25) is 9.89 Å². The molecule has 3 N–H and O–H groups in total. The fraction of sp³-hybridized carbons (Fsp3) is 0.294. The number of nitrogens with one attached hydrogen (secondary N) is 1. The Morgan fingerprint density at radius 2 is 1.92 bits per heavy atom. The molecule has 1 aromatic carbocycles. The summed E-state index contributed by atoms with van der Waals surface area (Å²) >= 11 is 0. The smallest absolute Gasteiger partial charge is 0.269 e. The zero-order valence-electron chi connectivity index (χ0n) is 13.6. The van der Waals surface area contributed by atoms with Gasteiger partial charge in [-0.05, 0) is 30.5 Å². The molecule has 2 heterocycles. The van der Waals surface area contributed by atoms with Gasteiger partial charge in [0.25, 0.3) is 5.91 Å². The van der Waals surface area contributed by atoms with Crippen molar-refractivity contribution in [2.75, 3.05) is 13.1 Å². The first-order valence-corrected chi connectivity index (χ1v) is 9.54. The Kier molecular flexibility index (Phi) is 5.00. The number of benzene rings is 1. The number of hydrogen-bond acceptors (Lipinski definition) is 4. The molecule has 3 rings (SSSR count). The number of rotatable bonds is 5. The molecule has 132 valence electrons. The lowest BCUT2D eigenvalue weighted by molar-refractivity contribution is 0.0995. The van der Waals surface area contributed by atoms with Gasteiger partial charge < -0.3 is 5.73 Å². The summed E-state index contributed by atoms with van der Waals surface area (Å²) in [6.07, 6.45) is 2.94. The van der Waals surface area contributed by atoms with E-state index in [1.807, 2.05) is 30.3 Å². The van der Waals surface area contributed by atoms with E-state index in [4.69, 9.17) is 5.73 Å². The van der Waals surface area contributed by atoms with Crippen molar-refractivity contribution in [3.8, 4) is 0 Å². The number of H-pyrrole nitrogens is 1. The molecule has 8 heteroatoms. The maximum absolute atomic E-state index is 12.5. The second-order valence-electron chi connectivity index (χ2n) is 6.00. The maximum Gasteiger partial charge on any atom is 0.269 e. The number of aromatic amines is 1. The highest BCUT2D eigenvalue weighted by Crippen LogP contribution is 2.28. The van der Waals surface area contributed by atoms with E-state index in [9.17, 15) is 13.2 Å². The van der Waals surface area contributed by atoms with Gasteiger partial charge in [0, 0.05) is 30.1 Å². The molecule has 7 nitrogen and oxygen atoms in total. The minimum atomic E-state index is -3.44. The molecule has 0 saturated carbocycles. The van der Waals surface area contributed by atoms with Gasteiger partial charge in [0.2, 0.25) is 10.0 Å². The second kappa shape index (κ2) is 7.20. The molecule has 0 atom stereocenters. The van der Waals surface area contributed by atoms with Crippen molar-refractivity contribution in [3.63, 3.8) is 0 Å². The van der Waals surface area contributed by atoms with Crippen LogP contribution >= 0.6 is 0 Å². The van der Waals surface area contributed by atoms with Crippen molar-refractivity contribution < 1.29 is 13.2 Å². The summed E-state index contributed by atoms with van der Waals surface area (Å²) in [4.78, 5) is 11.1. The van der Waals surface area contributed by atoms with E-state index in [0.29, 0.717) is 25.9 Å². The lowest BCUT2D eigenvalue weighted by Crippen LogP contribution is -2.36. The number of primary amides is 1. The minimum Gasteiger partial charge on any atom is -0.364 e. The first-order valence-electron chi connectivity index (χ1n) is 8.04. The van der Waals surface area contributed by atoms with Crippen molar-refractivity contribution >= 4 is 22.0 Å². The average Bonchev–Trinajstić information content (AvgIpc) is 3.12. The fourth-order valence-electron chi connectivity index (χ4n) is 2.91. The topological polar surface area (TPSA) is 109 Å². The van der Waals surface area contributed by atoms with Gasteiger partial charge >= 0.3 is 0 Å². The van der Waals surface area contributed by atoms with Crippen LogP contribution in [-0.4, -0.2) is 41.9 Å². The zero-order chi connectivity index (χ0) is 17.9. The molecule has 1 fully saturated rings. The van der Waals surface area contributed by atoms with Crippen LogP contribution in [0.25, 0.3) is 6.08 Å². The molecule has 0 spiro atoms. The predicted octanol–water partition coefficient (Wildman–Crippen LogP) is 1.69. The van der Waals surface area contributed by atoms with Gasteiger partial charge in [-0.15, -0.1) is 0 Å². The number of nitrogens with zero attached hydrogens (tertiary/aromatic N) is 2. The summed E-state index contributed by atoms with van der Waals surface area (Å²) < 4.78 is 26.4. The van der Waals surface area contributed by atoms with Crippen molar-refractivity contribution in [2.45, 2.75) is 18.8 Å². The molecule has 1 aliphatic heterocycles. The Morgan fingerprint density at radius 1 is 1.24 bits per heavy atom. The highest BCUT2D eigenvalue weighted by atomic mass is 32.2. The second-order valence-corrected chi connectivity index (χ2v) is 7.82. The third-order valence-electron chi connectivity index (χ3n) is 4.34. The van der Waals surface area contributed by atoms with E-state index in [-0.39, 0.29) is 11.6 Å². The minimum absolute atomic E-state index is 0.144. The van der Waals surface area contributed by atoms with Gasteiger partial charge in [0.05, 0.1) is 0 Å². The Morgan fingerprint density at radius 3 is 2.52 bits per heavy atom. The van der Waals surface area contributed by atoms with Crippen LogP contribution < -0.4 is 5.73 Å². The van der Waals surface area contributed by atoms with Crippen LogP contribution in [0.3, 0.4) is 0 Å². The van der Waals surface area contributed by atoms with E-state index in [1.54, 1.807) is 12.1 Å². The van der Waals surface area contributed by atoms with Crippen molar-refractivity contribution in [1.82, 2.24) is 14.5 Å². The van der Waals surface area contributed by atoms with Crippen LogP contribution in [0.1, 0.15) is 40.5 Å². The van der Waals surface area contributed by atoms with Crippen LogP contribution in [0.5, 0.6) is 0 Å². The summed E-state index contributed by atoms with van der Waals surface area (Å²) in [5, 5.41) is 7.96. The first-order chi connectivity index (χ1) is 12.0. The van der Waals surface area contributed by atoms with E-state index >= 15 is 0 Å². The molecule has 1 saturated heterocycles. The van der Waals surface area contributed by atoms with Gasteiger partial charge in [-0.1, -0.05) is 30.3 Å². The Hall–Kier alpha value is -2.45. The number of piperidine rings is 1. The molecule has 1 amide bonds. The van der Waals surface area contributed by atoms with Gasteiger partial charge in [0.1, 0.15) is 5.69 Å². The van der Waals surface area contributed by atoms with Crippen molar-refractivity contribution in [1.29, 1.82) is 0 Å². The Labute approximate surface area is 146 Å². The van der Waals surface area contributed by atoms with E-state index in [2.05, 4.69) is 10.2 Å². The van der Waals surface area contributed by atoms with Crippen LogP contribution in [0.4, 0.5) is 0 Å². The molecule has 0 radical (unpaired) electrons. The van der Waals surface area contributed by atoms with E-state index in [1.165, 1.54) is 9.71 Å². The van der Waals surface area contributed by atoms with Crippen molar-refractivity contribution in [2.24, 2.45) is 5.73 Å². The number of hydrogen-bond donors (Lipinski definition) is 2. The number of carbonyl (C=O) groups is 1. The monoisotopic (exact) mass is 360 g/mol. The summed E-state index contributed by atoms with van der Waals surface area (Å²) in [5.41, 5.74) is 7.07. The summed E-state index contributed by atoms with van der Waals surface area (Å²) in [6, 6.07) is 11.0. The third-order valence-corrected chi connectivity index (χ3v) is 5.90. The summed E-state index contributed by atoms with van der Waals surface area (Å²) in [6.45, 7) is 0.855. The van der Waals surface area contributed by atoms with Gasteiger partial charge in [-0.2, -0.15) is 9.40 Å². The Bertz CT molecular complexity index is 866. The molecular weight excluding hydrogens is 340 g/mol. The first kappa shape index (κ1) is 17.4. The lowest BCUT2D eigenvalue weighted by Gasteiger charge is -2.29. The van der Waals surface area contributed by atoms with Crippen LogP contribution in [-0.2, 0) is 10.0 Å². The predicted molar refractivity (Wildman–Crippen MR) is 95.0 cm³/mol. The number of sulfonamides is 1.